The van der Waals surface area contributed by atoms with Crippen molar-refractivity contribution in [2.24, 2.45) is 5.73 Å². The van der Waals surface area contributed by atoms with Crippen LogP contribution in [0, 0.1) is 0 Å². The molecule has 214 valence electrons. The number of rotatable bonds is 12. The van der Waals surface area contributed by atoms with Gasteiger partial charge in [-0.1, -0.05) is 67.9 Å². The Balaban J connectivity index is 1.68. The third kappa shape index (κ3) is 6.92. The molecule has 0 saturated heterocycles. The second kappa shape index (κ2) is 13.0. The van der Waals surface area contributed by atoms with Crippen LogP contribution < -0.4 is 10.5 Å². The number of unbranched alkanes of at least 4 members (excludes halogenated alkanes) is 1. The number of quaternary nitrogens is 1. The monoisotopic (exact) mass is 553 g/mol. The lowest BCUT2D eigenvalue weighted by Crippen LogP contribution is -2.52. The molecule has 0 aliphatic carbocycles. The summed E-state index contributed by atoms with van der Waals surface area (Å²) in [6.45, 7) is 3.10. The first-order valence-corrected chi connectivity index (χ1v) is 14.2. The molecule has 0 aliphatic heterocycles. The zero-order valence-corrected chi connectivity index (χ0v) is 24.8. The number of carbonyl (C=O) groups excluding carboxylic acids is 2. The van der Waals surface area contributed by atoms with Gasteiger partial charge in [0, 0.05) is 36.3 Å². The molecule has 4 rings (SSSR count). The summed E-state index contributed by atoms with van der Waals surface area (Å²) in [5, 5.41) is 2.09. The minimum Gasteiger partial charge on any atom is -0.471 e. The smallest absolute Gasteiger partial charge is 0.285 e. The van der Waals surface area contributed by atoms with Crippen LogP contribution >= 0.6 is 0 Å². The number of carbonyl (C=O) groups is 2. The number of ether oxygens (including phenoxy) is 1. The van der Waals surface area contributed by atoms with Gasteiger partial charge in [-0.2, -0.15) is 0 Å². The number of likely N-dealkylation sites (N-methyl/N-ethyl adjacent to an activating group) is 2. The first kappa shape index (κ1) is 29.7. The van der Waals surface area contributed by atoms with Crippen molar-refractivity contribution in [3.8, 4) is 17.0 Å². The van der Waals surface area contributed by atoms with Crippen molar-refractivity contribution >= 4 is 22.6 Å². The minimum atomic E-state index is -0.550. The van der Waals surface area contributed by atoms with Crippen LogP contribution in [0.15, 0.2) is 78.9 Å². The molecule has 4 aromatic rings. The molecule has 0 aliphatic rings. The van der Waals surface area contributed by atoms with Gasteiger partial charge in [0.2, 0.25) is 11.8 Å². The fourth-order valence-electron chi connectivity index (χ4n) is 5.19. The lowest BCUT2D eigenvalue weighted by Gasteiger charge is -2.39. The zero-order chi connectivity index (χ0) is 29.6. The highest BCUT2D eigenvalue weighted by Crippen LogP contribution is 2.36. The summed E-state index contributed by atoms with van der Waals surface area (Å²) < 4.78 is 6.69. The quantitative estimate of drug-likeness (QED) is 0.231. The number of fused-ring (bicyclic) bond motifs is 1. The summed E-state index contributed by atoms with van der Waals surface area (Å²) >= 11 is 0. The Bertz CT molecular complexity index is 1520. The van der Waals surface area contributed by atoms with Crippen molar-refractivity contribution in [1.82, 2.24) is 9.88 Å². The van der Waals surface area contributed by atoms with E-state index >= 15 is 0 Å². The van der Waals surface area contributed by atoms with Crippen LogP contribution in [0.5, 0.6) is 5.88 Å². The Morgan fingerprint density at radius 3 is 2.37 bits per heavy atom. The van der Waals surface area contributed by atoms with Gasteiger partial charge < -0.3 is 19.9 Å². The predicted octanol–water partition coefficient (Wildman–Crippen LogP) is 5.63. The molecule has 0 radical (unpaired) electrons. The van der Waals surface area contributed by atoms with E-state index in [-0.39, 0.29) is 5.91 Å². The highest BCUT2D eigenvalue weighted by Gasteiger charge is 2.39. The molecule has 0 spiro atoms. The number of aromatic nitrogens is 1. The number of amides is 2. The standard InChI is InChI=1S/C34H40N4O3/c1-6-7-16-27-22-25-15-11-12-17-28(25)33(36-27)41-21-20-38(4,5)31(34(40)37(2)3)29-19-18-26(32(35)39)23-30(29)24-13-9-8-10-14-24/h8-15,17-19,22-23,31H,6-7,16,20-21H2,1-5H3,(H-,35,39)/p+1/t31-/m1/s1. The van der Waals surface area contributed by atoms with Crippen molar-refractivity contribution in [1.29, 1.82) is 0 Å². The lowest BCUT2D eigenvalue weighted by atomic mass is 9.90. The van der Waals surface area contributed by atoms with Crippen molar-refractivity contribution in [3.63, 3.8) is 0 Å². The zero-order valence-electron chi connectivity index (χ0n) is 24.8. The van der Waals surface area contributed by atoms with E-state index in [1.54, 1.807) is 31.1 Å². The Hall–Kier alpha value is -4.23. The van der Waals surface area contributed by atoms with Gasteiger partial charge in [0.1, 0.15) is 13.2 Å². The number of nitrogens with zero attached hydrogens (tertiary/aromatic N) is 3. The van der Waals surface area contributed by atoms with Crippen molar-refractivity contribution < 1.29 is 18.8 Å². The Morgan fingerprint density at radius 1 is 0.976 bits per heavy atom. The number of hydrogen-bond donors (Lipinski definition) is 1. The van der Waals surface area contributed by atoms with Crippen LogP contribution in [-0.4, -0.2) is 67.5 Å². The first-order chi connectivity index (χ1) is 19.6. The maximum absolute atomic E-state index is 13.8. The van der Waals surface area contributed by atoms with Gasteiger partial charge in [-0.3, -0.25) is 9.59 Å². The summed E-state index contributed by atoms with van der Waals surface area (Å²) in [7, 11) is 7.61. The van der Waals surface area contributed by atoms with E-state index in [0.29, 0.717) is 29.1 Å². The van der Waals surface area contributed by atoms with Crippen LogP contribution in [0.1, 0.15) is 47.4 Å². The van der Waals surface area contributed by atoms with Crippen LogP contribution in [0.2, 0.25) is 0 Å². The van der Waals surface area contributed by atoms with E-state index in [1.165, 1.54) is 0 Å². The predicted molar refractivity (Wildman–Crippen MR) is 165 cm³/mol. The largest absolute Gasteiger partial charge is 0.471 e. The van der Waals surface area contributed by atoms with Gasteiger partial charge in [-0.05, 0) is 53.6 Å². The lowest BCUT2D eigenvalue weighted by molar-refractivity contribution is -0.911. The van der Waals surface area contributed by atoms with Gasteiger partial charge in [-0.25, -0.2) is 4.98 Å². The third-order valence-corrected chi connectivity index (χ3v) is 7.54. The van der Waals surface area contributed by atoms with Crippen LogP contribution in [0.4, 0.5) is 0 Å². The van der Waals surface area contributed by atoms with Crippen molar-refractivity contribution in [3.05, 3.63) is 95.7 Å². The average molecular weight is 554 g/mol. The second-order valence-corrected chi connectivity index (χ2v) is 11.3. The molecule has 41 heavy (non-hydrogen) atoms. The van der Waals surface area contributed by atoms with E-state index in [0.717, 1.165) is 52.4 Å². The molecule has 1 heterocycles. The highest BCUT2D eigenvalue weighted by atomic mass is 16.5. The van der Waals surface area contributed by atoms with Gasteiger partial charge in [0.15, 0.2) is 6.04 Å². The molecule has 1 aromatic heterocycles. The first-order valence-electron chi connectivity index (χ1n) is 14.2. The molecule has 2 amide bonds. The topological polar surface area (TPSA) is 85.5 Å². The molecule has 0 bridgehead atoms. The fraction of sp³-hybridized carbons (Fsp3) is 0.324. The van der Waals surface area contributed by atoms with E-state index in [4.69, 9.17) is 15.5 Å². The molecule has 7 nitrogen and oxygen atoms in total. The average Bonchev–Trinajstić information content (AvgIpc) is 2.96. The normalized spacial score (nSPS) is 12.2. The summed E-state index contributed by atoms with van der Waals surface area (Å²) in [4.78, 5) is 32.4. The molecular formula is C34H41N4O3+. The molecule has 0 fully saturated rings. The summed E-state index contributed by atoms with van der Waals surface area (Å²) in [6.07, 6.45) is 3.08. The van der Waals surface area contributed by atoms with Gasteiger partial charge in [0.25, 0.3) is 5.91 Å². The number of nitrogens with two attached hydrogens (primary N) is 1. The SMILES string of the molecule is CCCCc1cc2ccccc2c(OCC[N+](C)(C)[C@@H](C(=O)N(C)C)c2ccc(C(N)=O)cc2-c2ccccc2)n1. The number of benzene rings is 3. The minimum absolute atomic E-state index is 0.0378. The second-order valence-electron chi connectivity index (χ2n) is 11.3. The molecule has 0 unspecified atom stereocenters. The van der Waals surface area contributed by atoms with Crippen LogP contribution in [0.25, 0.3) is 21.9 Å². The molecule has 3 aromatic carbocycles. The summed E-state index contributed by atoms with van der Waals surface area (Å²) in [5.74, 6) is 0.0804. The molecule has 1 atom stereocenters. The summed E-state index contributed by atoms with van der Waals surface area (Å²) in [5.41, 5.74) is 9.62. The van der Waals surface area contributed by atoms with E-state index < -0.39 is 11.9 Å². The van der Waals surface area contributed by atoms with Crippen LogP contribution in [0.3, 0.4) is 0 Å². The Kier molecular flexibility index (Phi) is 9.40. The number of pyridine rings is 1. The Morgan fingerprint density at radius 2 is 1.68 bits per heavy atom. The molecular weight excluding hydrogens is 512 g/mol. The number of aryl methyl sites for hydroxylation is 1. The summed E-state index contributed by atoms with van der Waals surface area (Å²) in [6, 6.07) is 24.9. The van der Waals surface area contributed by atoms with Crippen LogP contribution in [-0.2, 0) is 11.2 Å². The maximum atomic E-state index is 13.8. The van der Waals surface area contributed by atoms with E-state index in [1.807, 2.05) is 68.7 Å². The molecule has 2 N–H and O–H groups in total. The number of primary amides is 1. The Labute approximate surface area is 243 Å². The van der Waals surface area contributed by atoms with Crippen molar-refractivity contribution in [2.45, 2.75) is 32.2 Å². The van der Waals surface area contributed by atoms with Gasteiger partial charge in [0.05, 0.1) is 14.1 Å². The third-order valence-electron chi connectivity index (χ3n) is 7.54. The number of hydrogen-bond acceptors (Lipinski definition) is 4. The highest BCUT2D eigenvalue weighted by molar-refractivity contribution is 5.95. The van der Waals surface area contributed by atoms with Gasteiger partial charge >= 0.3 is 0 Å². The molecule has 7 heteroatoms. The van der Waals surface area contributed by atoms with Gasteiger partial charge in [-0.15, -0.1) is 0 Å². The van der Waals surface area contributed by atoms with E-state index in [9.17, 15) is 9.59 Å². The molecule has 0 saturated carbocycles. The van der Waals surface area contributed by atoms with E-state index in [2.05, 4.69) is 19.1 Å². The maximum Gasteiger partial charge on any atom is 0.285 e. The van der Waals surface area contributed by atoms with Crippen molar-refractivity contribution in [2.75, 3.05) is 41.3 Å². The fourth-order valence-corrected chi connectivity index (χ4v) is 5.19.